The van der Waals surface area contributed by atoms with E-state index in [1.165, 1.54) is 12.1 Å². The average Bonchev–Trinajstić information content (AvgIpc) is 2.18. The van der Waals surface area contributed by atoms with Gasteiger partial charge in [-0.25, -0.2) is 0 Å². The highest BCUT2D eigenvalue weighted by Crippen LogP contribution is 2.22. The number of ketones is 1. The Morgan fingerprint density at radius 2 is 2.13 bits per heavy atom. The van der Waals surface area contributed by atoms with Crippen LogP contribution < -0.4 is 0 Å². The number of benzene rings is 1. The van der Waals surface area contributed by atoms with Gasteiger partial charge in [0.05, 0.1) is 5.56 Å². The lowest BCUT2D eigenvalue weighted by molar-refractivity contribution is 0.0993. The van der Waals surface area contributed by atoms with Crippen LogP contribution in [0.3, 0.4) is 0 Å². The molecule has 0 saturated carbocycles. The predicted octanol–water partition coefficient (Wildman–Crippen LogP) is 3.58. The van der Waals surface area contributed by atoms with Crippen LogP contribution in [0.25, 0.3) is 0 Å². The molecule has 1 aromatic carbocycles. The molecule has 0 radical (unpaired) electrons. The number of hydrogen-bond acceptors (Lipinski definition) is 2. The van der Waals surface area contributed by atoms with Crippen molar-refractivity contribution in [2.45, 2.75) is 20.3 Å². The Bertz CT molecular complexity index is 404. The van der Waals surface area contributed by atoms with Gasteiger partial charge in [0.25, 0.3) is 0 Å². The Morgan fingerprint density at radius 3 is 2.73 bits per heavy atom. The van der Waals surface area contributed by atoms with Gasteiger partial charge in [0.2, 0.25) is 0 Å². The van der Waals surface area contributed by atoms with Gasteiger partial charge in [-0.2, -0.15) is 0 Å². The standard InChI is InChI=1S/C12H13ClO2/c1-8(2)3-5-11(14)10-7-9(13)4-6-12(10)15/h3-4,6-7,15H,5H2,1-2H3. The Hall–Kier alpha value is -1.28. The number of aromatic hydroxyl groups is 1. The zero-order valence-electron chi connectivity index (χ0n) is 8.75. The maximum atomic E-state index is 11.7. The van der Waals surface area contributed by atoms with Crippen molar-refractivity contribution in [3.8, 4) is 5.75 Å². The summed E-state index contributed by atoms with van der Waals surface area (Å²) in [5.41, 5.74) is 1.35. The average molecular weight is 225 g/mol. The van der Waals surface area contributed by atoms with E-state index in [0.717, 1.165) is 5.57 Å². The van der Waals surface area contributed by atoms with Crippen molar-refractivity contribution in [3.05, 3.63) is 40.4 Å². The molecular weight excluding hydrogens is 212 g/mol. The van der Waals surface area contributed by atoms with E-state index in [1.54, 1.807) is 6.07 Å². The number of rotatable bonds is 3. The first-order valence-electron chi connectivity index (χ1n) is 4.66. The lowest BCUT2D eigenvalue weighted by Crippen LogP contribution is -1.97. The van der Waals surface area contributed by atoms with Gasteiger partial charge in [-0.15, -0.1) is 0 Å². The first-order chi connectivity index (χ1) is 7.00. The second kappa shape index (κ2) is 4.99. The Balaban J connectivity index is 2.91. The van der Waals surface area contributed by atoms with Crippen molar-refractivity contribution in [2.24, 2.45) is 0 Å². The number of halogens is 1. The lowest BCUT2D eigenvalue weighted by Gasteiger charge is -2.02. The SMILES string of the molecule is CC(C)=CCC(=O)c1cc(Cl)ccc1O. The highest BCUT2D eigenvalue weighted by Gasteiger charge is 2.09. The Morgan fingerprint density at radius 1 is 1.47 bits per heavy atom. The molecule has 0 saturated heterocycles. The molecule has 2 nitrogen and oxygen atoms in total. The molecule has 1 aromatic rings. The molecule has 3 heteroatoms. The largest absolute Gasteiger partial charge is 0.507 e. The summed E-state index contributed by atoms with van der Waals surface area (Å²) in [7, 11) is 0. The number of phenolic OH excluding ortho intramolecular Hbond substituents is 1. The summed E-state index contributed by atoms with van der Waals surface area (Å²) in [5, 5.41) is 9.92. The van der Waals surface area contributed by atoms with Crippen LogP contribution in [0.4, 0.5) is 0 Å². The van der Waals surface area contributed by atoms with Gasteiger partial charge >= 0.3 is 0 Å². The summed E-state index contributed by atoms with van der Waals surface area (Å²) < 4.78 is 0. The number of Topliss-reactive ketones (excluding diaryl/α,β-unsaturated/α-hetero) is 1. The first kappa shape index (κ1) is 11.8. The van der Waals surface area contributed by atoms with Crippen molar-refractivity contribution in [3.63, 3.8) is 0 Å². The van der Waals surface area contributed by atoms with E-state index in [0.29, 0.717) is 5.02 Å². The van der Waals surface area contributed by atoms with Crippen LogP contribution in [0.5, 0.6) is 5.75 Å². The molecule has 0 aliphatic heterocycles. The zero-order valence-corrected chi connectivity index (χ0v) is 9.51. The smallest absolute Gasteiger partial charge is 0.170 e. The number of carbonyl (C=O) groups excluding carboxylic acids is 1. The maximum absolute atomic E-state index is 11.7. The van der Waals surface area contributed by atoms with E-state index in [9.17, 15) is 9.90 Å². The highest BCUT2D eigenvalue weighted by molar-refractivity contribution is 6.31. The van der Waals surface area contributed by atoms with E-state index in [-0.39, 0.29) is 23.5 Å². The molecule has 0 fully saturated rings. The summed E-state index contributed by atoms with van der Waals surface area (Å²) in [6.07, 6.45) is 2.11. The summed E-state index contributed by atoms with van der Waals surface area (Å²) in [5.74, 6) is -0.150. The van der Waals surface area contributed by atoms with Crippen LogP contribution in [-0.2, 0) is 0 Å². The number of phenols is 1. The van der Waals surface area contributed by atoms with Crippen molar-refractivity contribution in [1.29, 1.82) is 0 Å². The summed E-state index contributed by atoms with van der Waals surface area (Å²) in [6, 6.07) is 4.46. The first-order valence-corrected chi connectivity index (χ1v) is 5.03. The minimum absolute atomic E-state index is 0.0217. The third kappa shape index (κ3) is 3.40. The molecular formula is C12H13ClO2. The van der Waals surface area contributed by atoms with Crippen LogP contribution in [-0.4, -0.2) is 10.9 Å². The molecule has 0 aromatic heterocycles. The number of hydrogen-bond donors (Lipinski definition) is 1. The molecule has 1 N–H and O–H groups in total. The Labute approximate surface area is 94.2 Å². The topological polar surface area (TPSA) is 37.3 Å². The minimum Gasteiger partial charge on any atom is -0.507 e. The molecule has 1 rings (SSSR count). The maximum Gasteiger partial charge on any atom is 0.170 e. The van der Waals surface area contributed by atoms with Crippen molar-refractivity contribution in [1.82, 2.24) is 0 Å². The van der Waals surface area contributed by atoms with E-state index < -0.39 is 0 Å². The fourth-order valence-corrected chi connectivity index (χ4v) is 1.31. The van der Waals surface area contributed by atoms with Crippen LogP contribution in [0.1, 0.15) is 30.6 Å². The molecule has 0 amide bonds. The van der Waals surface area contributed by atoms with Gasteiger partial charge < -0.3 is 5.11 Å². The fourth-order valence-electron chi connectivity index (χ4n) is 1.14. The van der Waals surface area contributed by atoms with Crippen LogP contribution in [0.2, 0.25) is 5.02 Å². The van der Waals surface area contributed by atoms with Gasteiger partial charge in [0.1, 0.15) is 5.75 Å². The van der Waals surface area contributed by atoms with Crippen LogP contribution in [0.15, 0.2) is 29.8 Å². The molecule has 0 heterocycles. The van der Waals surface area contributed by atoms with Gasteiger partial charge in [-0.3, -0.25) is 4.79 Å². The molecule has 0 aliphatic rings. The van der Waals surface area contributed by atoms with E-state index in [2.05, 4.69) is 0 Å². The zero-order chi connectivity index (χ0) is 11.4. The van der Waals surface area contributed by atoms with E-state index >= 15 is 0 Å². The highest BCUT2D eigenvalue weighted by atomic mass is 35.5. The minimum atomic E-state index is -0.129. The van der Waals surface area contributed by atoms with Crippen molar-refractivity contribution in [2.75, 3.05) is 0 Å². The van der Waals surface area contributed by atoms with Gasteiger partial charge in [-0.1, -0.05) is 23.3 Å². The molecule has 0 spiro atoms. The summed E-state index contributed by atoms with van der Waals surface area (Å²) in [4.78, 5) is 11.7. The second-order valence-electron chi connectivity index (χ2n) is 3.57. The number of carbonyl (C=O) groups is 1. The lowest BCUT2D eigenvalue weighted by atomic mass is 10.1. The predicted molar refractivity (Wildman–Crippen MR) is 61.5 cm³/mol. The van der Waals surface area contributed by atoms with Gasteiger partial charge in [-0.05, 0) is 32.0 Å². The molecule has 15 heavy (non-hydrogen) atoms. The van der Waals surface area contributed by atoms with E-state index in [4.69, 9.17) is 11.6 Å². The van der Waals surface area contributed by atoms with Gasteiger partial charge in [0, 0.05) is 11.4 Å². The third-order valence-corrected chi connectivity index (χ3v) is 2.19. The quantitative estimate of drug-likeness (QED) is 0.629. The van der Waals surface area contributed by atoms with Crippen molar-refractivity contribution >= 4 is 17.4 Å². The number of allylic oxidation sites excluding steroid dienone is 2. The van der Waals surface area contributed by atoms with Gasteiger partial charge in [0.15, 0.2) is 5.78 Å². The summed E-state index contributed by atoms with van der Waals surface area (Å²) in [6.45, 7) is 3.84. The molecule has 0 bridgehead atoms. The van der Waals surface area contributed by atoms with Crippen LogP contribution in [0, 0.1) is 0 Å². The molecule has 0 atom stereocenters. The molecule has 0 aliphatic carbocycles. The molecule has 0 unspecified atom stereocenters. The summed E-state index contributed by atoms with van der Waals surface area (Å²) >= 11 is 5.74. The monoisotopic (exact) mass is 224 g/mol. The van der Waals surface area contributed by atoms with Crippen molar-refractivity contribution < 1.29 is 9.90 Å². The Kier molecular flexibility index (Phi) is 3.92. The fraction of sp³-hybridized carbons (Fsp3) is 0.250. The molecule has 80 valence electrons. The third-order valence-electron chi connectivity index (χ3n) is 1.95. The van der Waals surface area contributed by atoms with Crippen LogP contribution >= 0.6 is 11.6 Å². The second-order valence-corrected chi connectivity index (χ2v) is 4.01. The van der Waals surface area contributed by atoms with E-state index in [1.807, 2.05) is 19.9 Å². The normalized spacial score (nSPS) is 9.80.